The average Bonchev–Trinajstić information content (AvgIpc) is 2.11. The van der Waals surface area contributed by atoms with Gasteiger partial charge in [0.1, 0.15) is 0 Å². The van der Waals surface area contributed by atoms with Crippen molar-refractivity contribution in [2.24, 2.45) is 5.73 Å². The third-order valence-corrected chi connectivity index (χ3v) is 1.73. The fraction of sp³-hybridized carbons (Fsp3) is 0.250. The van der Waals surface area contributed by atoms with E-state index in [2.05, 4.69) is 0 Å². The summed E-state index contributed by atoms with van der Waals surface area (Å²) in [6, 6.07) is 2.15. The van der Waals surface area contributed by atoms with Crippen LogP contribution in [0.15, 0.2) is 12.1 Å². The van der Waals surface area contributed by atoms with E-state index in [0.29, 0.717) is 12.0 Å². The van der Waals surface area contributed by atoms with Crippen LogP contribution in [0.4, 0.5) is 10.1 Å². The van der Waals surface area contributed by atoms with E-state index in [1.165, 1.54) is 0 Å². The van der Waals surface area contributed by atoms with Gasteiger partial charge in [-0.05, 0) is 24.6 Å². The molecule has 0 saturated heterocycles. The number of nitrogens with two attached hydrogens (primary N) is 1. The standard InChI is InChI=1S/C8H9FN2O3/c9-6-3-5(1-2-10)4-7(8(6)12)11(13)14/h3-4,12H,1-2,10H2. The Hall–Kier alpha value is -1.69. The van der Waals surface area contributed by atoms with Crippen molar-refractivity contribution in [2.45, 2.75) is 6.42 Å². The first-order chi connectivity index (χ1) is 6.56. The van der Waals surface area contributed by atoms with Gasteiger partial charge in [0.05, 0.1) is 4.92 Å². The summed E-state index contributed by atoms with van der Waals surface area (Å²) in [6.07, 6.45) is 0.331. The molecule has 14 heavy (non-hydrogen) atoms. The molecule has 0 spiro atoms. The van der Waals surface area contributed by atoms with E-state index in [1.807, 2.05) is 0 Å². The van der Waals surface area contributed by atoms with Crippen LogP contribution in [0, 0.1) is 15.9 Å². The van der Waals surface area contributed by atoms with E-state index < -0.39 is 22.2 Å². The molecule has 3 N–H and O–H groups in total. The zero-order chi connectivity index (χ0) is 10.7. The van der Waals surface area contributed by atoms with Crippen molar-refractivity contribution in [2.75, 3.05) is 6.54 Å². The number of nitro groups is 1. The monoisotopic (exact) mass is 200 g/mol. The number of benzene rings is 1. The Labute approximate surface area is 79.1 Å². The van der Waals surface area contributed by atoms with Crippen molar-refractivity contribution in [1.82, 2.24) is 0 Å². The van der Waals surface area contributed by atoms with Crippen LogP contribution >= 0.6 is 0 Å². The molecule has 0 atom stereocenters. The van der Waals surface area contributed by atoms with Gasteiger partial charge in [-0.25, -0.2) is 4.39 Å². The third-order valence-electron chi connectivity index (χ3n) is 1.73. The first-order valence-corrected chi connectivity index (χ1v) is 3.92. The molecule has 0 aliphatic heterocycles. The Balaban J connectivity index is 3.21. The Morgan fingerprint density at radius 3 is 2.71 bits per heavy atom. The molecular weight excluding hydrogens is 191 g/mol. The van der Waals surface area contributed by atoms with Crippen LogP contribution in [-0.2, 0) is 6.42 Å². The number of hydrogen-bond acceptors (Lipinski definition) is 4. The molecule has 0 bridgehead atoms. The lowest BCUT2D eigenvalue weighted by molar-refractivity contribution is -0.386. The van der Waals surface area contributed by atoms with Crippen LogP contribution in [0.25, 0.3) is 0 Å². The number of hydrogen-bond donors (Lipinski definition) is 2. The number of nitrogens with zero attached hydrogens (tertiary/aromatic N) is 1. The lowest BCUT2D eigenvalue weighted by Crippen LogP contribution is -2.03. The van der Waals surface area contributed by atoms with Crippen molar-refractivity contribution >= 4 is 5.69 Å². The van der Waals surface area contributed by atoms with Gasteiger partial charge >= 0.3 is 5.69 Å². The Morgan fingerprint density at radius 1 is 1.57 bits per heavy atom. The lowest BCUT2D eigenvalue weighted by Gasteiger charge is -2.01. The van der Waals surface area contributed by atoms with E-state index >= 15 is 0 Å². The molecule has 5 nitrogen and oxygen atoms in total. The number of halogens is 1. The first-order valence-electron chi connectivity index (χ1n) is 3.92. The third kappa shape index (κ3) is 1.97. The molecule has 0 aliphatic carbocycles. The molecule has 0 unspecified atom stereocenters. The van der Waals surface area contributed by atoms with Crippen molar-refractivity contribution in [1.29, 1.82) is 0 Å². The van der Waals surface area contributed by atoms with Crippen molar-refractivity contribution in [3.63, 3.8) is 0 Å². The summed E-state index contributed by atoms with van der Waals surface area (Å²) in [7, 11) is 0. The normalized spacial score (nSPS) is 10.1. The first kappa shape index (κ1) is 10.4. The zero-order valence-electron chi connectivity index (χ0n) is 7.24. The fourth-order valence-corrected chi connectivity index (χ4v) is 1.09. The van der Waals surface area contributed by atoms with E-state index in [0.717, 1.165) is 12.1 Å². The van der Waals surface area contributed by atoms with Crippen LogP contribution in [0.2, 0.25) is 0 Å². The van der Waals surface area contributed by atoms with Crippen molar-refractivity contribution in [3.8, 4) is 5.75 Å². The quantitative estimate of drug-likeness (QED) is 0.561. The molecule has 0 fully saturated rings. The van der Waals surface area contributed by atoms with E-state index in [1.54, 1.807) is 0 Å². The van der Waals surface area contributed by atoms with E-state index in [4.69, 9.17) is 10.8 Å². The number of phenolic OH excluding ortho intramolecular Hbond substituents is 1. The highest BCUT2D eigenvalue weighted by Gasteiger charge is 2.18. The molecule has 0 radical (unpaired) electrons. The van der Waals surface area contributed by atoms with Crippen molar-refractivity contribution in [3.05, 3.63) is 33.6 Å². The minimum atomic E-state index is -0.998. The topological polar surface area (TPSA) is 89.4 Å². The maximum Gasteiger partial charge on any atom is 0.314 e. The van der Waals surface area contributed by atoms with Crippen LogP contribution < -0.4 is 5.73 Å². The number of nitro benzene ring substituents is 1. The maximum atomic E-state index is 12.9. The molecule has 0 aliphatic rings. The van der Waals surface area contributed by atoms with Gasteiger partial charge in [0.2, 0.25) is 5.75 Å². The highest BCUT2D eigenvalue weighted by Crippen LogP contribution is 2.29. The number of rotatable bonds is 3. The summed E-state index contributed by atoms with van der Waals surface area (Å²) >= 11 is 0. The molecule has 6 heteroatoms. The second kappa shape index (κ2) is 4.01. The summed E-state index contributed by atoms with van der Waals surface area (Å²) in [5.41, 5.74) is 4.99. The number of phenols is 1. The molecule has 0 aromatic heterocycles. The Kier molecular flexibility index (Phi) is 2.98. The van der Waals surface area contributed by atoms with Crippen LogP contribution in [-0.4, -0.2) is 16.6 Å². The molecule has 0 heterocycles. The maximum absolute atomic E-state index is 12.9. The minimum Gasteiger partial charge on any atom is -0.500 e. The molecular formula is C8H9FN2O3. The van der Waals surface area contributed by atoms with Crippen LogP contribution in [0.3, 0.4) is 0 Å². The lowest BCUT2D eigenvalue weighted by atomic mass is 10.1. The van der Waals surface area contributed by atoms with E-state index in [9.17, 15) is 14.5 Å². The van der Waals surface area contributed by atoms with Gasteiger partial charge in [-0.3, -0.25) is 10.1 Å². The van der Waals surface area contributed by atoms with Gasteiger partial charge < -0.3 is 10.8 Å². The molecule has 76 valence electrons. The minimum absolute atomic E-state index is 0.265. The van der Waals surface area contributed by atoms with Gasteiger partial charge in [-0.15, -0.1) is 0 Å². The largest absolute Gasteiger partial charge is 0.500 e. The van der Waals surface area contributed by atoms with Crippen molar-refractivity contribution < 1.29 is 14.4 Å². The summed E-state index contributed by atoms with van der Waals surface area (Å²) < 4.78 is 12.9. The van der Waals surface area contributed by atoms with Gasteiger partial charge in [0.25, 0.3) is 0 Å². The summed E-state index contributed by atoms with van der Waals surface area (Å²) in [6.45, 7) is 0.265. The smallest absolute Gasteiger partial charge is 0.314 e. The molecule has 0 amide bonds. The van der Waals surface area contributed by atoms with Crippen LogP contribution in [0.5, 0.6) is 5.75 Å². The predicted molar refractivity (Wildman–Crippen MR) is 47.5 cm³/mol. The zero-order valence-corrected chi connectivity index (χ0v) is 7.24. The van der Waals surface area contributed by atoms with Gasteiger partial charge in [-0.1, -0.05) is 0 Å². The highest BCUT2D eigenvalue weighted by molar-refractivity contribution is 5.48. The van der Waals surface area contributed by atoms with Gasteiger partial charge in [0, 0.05) is 6.07 Å². The molecule has 1 aromatic carbocycles. The number of aromatic hydroxyl groups is 1. The molecule has 1 rings (SSSR count). The second-order valence-corrected chi connectivity index (χ2v) is 2.74. The van der Waals surface area contributed by atoms with Crippen LogP contribution in [0.1, 0.15) is 5.56 Å². The SMILES string of the molecule is NCCc1cc(F)c(O)c([N+](=O)[O-])c1. The van der Waals surface area contributed by atoms with E-state index in [-0.39, 0.29) is 6.54 Å². The Morgan fingerprint density at radius 2 is 2.21 bits per heavy atom. The molecule has 0 saturated carbocycles. The second-order valence-electron chi connectivity index (χ2n) is 2.74. The van der Waals surface area contributed by atoms with Gasteiger partial charge in [-0.2, -0.15) is 0 Å². The molecule has 1 aromatic rings. The summed E-state index contributed by atoms with van der Waals surface area (Å²) in [5, 5.41) is 19.4. The van der Waals surface area contributed by atoms with Gasteiger partial charge in [0.15, 0.2) is 5.82 Å². The highest BCUT2D eigenvalue weighted by atomic mass is 19.1. The average molecular weight is 200 g/mol. The predicted octanol–water partition coefficient (Wildman–Crippen LogP) is 0.941. The Bertz CT molecular complexity index is 368. The fourth-order valence-electron chi connectivity index (χ4n) is 1.09. The summed E-state index contributed by atoms with van der Waals surface area (Å²) in [5.74, 6) is -1.93. The summed E-state index contributed by atoms with van der Waals surface area (Å²) in [4.78, 5) is 9.54.